The standard InChI is InChI=1S/C16H24ClN3O4S.ClH/c1-18-12-6-5-7-20(10-12)25(22,23)14-9-11(17)8-13(15(14)24-4)16(21)19(2)3;/h8-9,12,18H,5-7,10H2,1-4H3;1H. The minimum atomic E-state index is -3.84. The maximum atomic E-state index is 13.2. The number of likely N-dealkylation sites (N-methyl/N-ethyl adjacent to an activating group) is 1. The molecule has 0 radical (unpaired) electrons. The predicted molar refractivity (Wildman–Crippen MR) is 104 cm³/mol. The number of nitrogens with zero attached hydrogens (tertiary/aromatic N) is 2. The fourth-order valence-corrected chi connectivity index (χ4v) is 4.92. The summed E-state index contributed by atoms with van der Waals surface area (Å²) in [7, 11) is 2.49. The zero-order valence-corrected chi connectivity index (χ0v) is 17.7. The van der Waals surface area contributed by atoms with Gasteiger partial charge in [-0.2, -0.15) is 4.31 Å². The van der Waals surface area contributed by atoms with E-state index >= 15 is 0 Å². The van der Waals surface area contributed by atoms with E-state index in [-0.39, 0.29) is 45.6 Å². The Labute approximate surface area is 166 Å². The van der Waals surface area contributed by atoms with Crippen LogP contribution in [0, 0.1) is 0 Å². The number of amides is 1. The lowest BCUT2D eigenvalue weighted by Crippen LogP contribution is -2.46. The van der Waals surface area contributed by atoms with Gasteiger partial charge in [0, 0.05) is 38.2 Å². The van der Waals surface area contributed by atoms with Gasteiger partial charge in [-0.15, -0.1) is 12.4 Å². The topological polar surface area (TPSA) is 79.0 Å². The normalized spacial score (nSPS) is 18.1. The summed E-state index contributed by atoms with van der Waals surface area (Å²) < 4.78 is 33.0. The average Bonchev–Trinajstić information content (AvgIpc) is 2.60. The van der Waals surface area contributed by atoms with E-state index in [0.29, 0.717) is 13.1 Å². The molecule has 1 aromatic carbocycles. The van der Waals surface area contributed by atoms with Crippen LogP contribution in [0.25, 0.3) is 0 Å². The second-order valence-corrected chi connectivity index (χ2v) is 8.52. The number of halogens is 2. The smallest absolute Gasteiger partial charge is 0.257 e. The minimum absolute atomic E-state index is 0. The Balaban J connectivity index is 0.00000338. The van der Waals surface area contributed by atoms with E-state index in [1.807, 2.05) is 7.05 Å². The van der Waals surface area contributed by atoms with Gasteiger partial charge in [-0.3, -0.25) is 4.79 Å². The number of sulfonamides is 1. The highest BCUT2D eigenvalue weighted by atomic mass is 35.5. The number of methoxy groups -OCH3 is 1. The quantitative estimate of drug-likeness (QED) is 0.778. The fraction of sp³-hybridized carbons (Fsp3) is 0.562. The third-order valence-corrected chi connectivity index (χ3v) is 6.36. The van der Waals surface area contributed by atoms with Crippen molar-refractivity contribution in [3.8, 4) is 5.75 Å². The number of carbonyl (C=O) groups is 1. The van der Waals surface area contributed by atoms with Gasteiger partial charge in [0.1, 0.15) is 4.90 Å². The van der Waals surface area contributed by atoms with E-state index in [1.54, 1.807) is 14.1 Å². The first kappa shape index (κ1) is 23.0. The Morgan fingerprint density at radius 3 is 2.58 bits per heavy atom. The van der Waals surface area contributed by atoms with Crippen LogP contribution in [0.1, 0.15) is 23.2 Å². The van der Waals surface area contributed by atoms with Crippen molar-refractivity contribution in [3.63, 3.8) is 0 Å². The molecule has 0 aliphatic carbocycles. The number of carbonyl (C=O) groups excluding carboxylic acids is 1. The monoisotopic (exact) mass is 425 g/mol. The van der Waals surface area contributed by atoms with Crippen molar-refractivity contribution in [1.82, 2.24) is 14.5 Å². The van der Waals surface area contributed by atoms with Crippen molar-refractivity contribution in [3.05, 3.63) is 22.7 Å². The molecule has 1 amide bonds. The molecule has 1 unspecified atom stereocenters. The van der Waals surface area contributed by atoms with E-state index in [0.717, 1.165) is 12.8 Å². The number of benzene rings is 1. The summed E-state index contributed by atoms with van der Waals surface area (Å²) in [5.41, 5.74) is 0.126. The van der Waals surface area contributed by atoms with Gasteiger partial charge in [0.05, 0.1) is 12.7 Å². The molecule has 1 saturated heterocycles. The van der Waals surface area contributed by atoms with Gasteiger partial charge < -0.3 is 15.0 Å². The zero-order valence-electron chi connectivity index (χ0n) is 15.3. The summed E-state index contributed by atoms with van der Waals surface area (Å²) >= 11 is 6.11. The molecular formula is C16H25Cl2N3O4S. The van der Waals surface area contributed by atoms with Gasteiger partial charge >= 0.3 is 0 Å². The van der Waals surface area contributed by atoms with Crippen LogP contribution in [-0.4, -0.2) is 70.9 Å². The van der Waals surface area contributed by atoms with Crippen LogP contribution >= 0.6 is 24.0 Å². The Morgan fingerprint density at radius 2 is 2.04 bits per heavy atom. The van der Waals surface area contributed by atoms with Crippen LogP contribution in [-0.2, 0) is 10.0 Å². The van der Waals surface area contributed by atoms with E-state index < -0.39 is 10.0 Å². The first-order valence-electron chi connectivity index (χ1n) is 7.99. The summed E-state index contributed by atoms with van der Waals surface area (Å²) in [6, 6.07) is 2.86. The van der Waals surface area contributed by atoms with Crippen molar-refractivity contribution < 1.29 is 17.9 Å². The molecule has 148 valence electrons. The van der Waals surface area contributed by atoms with E-state index in [9.17, 15) is 13.2 Å². The number of hydrogen-bond acceptors (Lipinski definition) is 5. The third kappa shape index (κ3) is 4.61. The van der Waals surface area contributed by atoms with E-state index in [2.05, 4.69) is 5.32 Å². The van der Waals surface area contributed by atoms with Crippen LogP contribution in [0.4, 0.5) is 0 Å². The molecule has 1 aliphatic rings. The van der Waals surface area contributed by atoms with E-state index in [1.165, 1.54) is 28.4 Å². The van der Waals surface area contributed by atoms with Crippen molar-refractivity contribution in [2.24, 2.45) is 0 Å². The SMILES string of the molecule is CNC1CCCN(S(=O)(=O)c2cc(Cl)cc(C(=O)N(C)C)c2OC)C1.Cl. The lowest BCUT2D eigenvalue weighted by molar-refractivity contribution is 0.0823. The molecule has 10 heteroatoms. The van der Waals surface area contributed by atoms with Crippen LogP contribution in [0.3, 0.4) is 0 Å². The molecule has 1 fully saturated rings. The third-order valence-electron chi connectivity index (χ3n) is 4.27. The molecule has 2 rings (SSSR count). The summed E-state index contributed by atoms with van der Waals surface area (Å²) in [5.74, 6) is -0.350. The molecule has 1 N–H and O–H groups in total. The van der Waals surface area contributed by atoms with Crippen LogP contribution in [0.15, 0.2) is 17.0 Å². The molecule has 1 aliphatic heterocycles. The maximum Gasteiger partial charge on any atom is 0.257 e. The molecule has 0 aromatic heterocycles. The lowest BCUT2D eigenvalue weighted by Gasteiger charge is -2.32. The Hall–Kier alpha value is -1.06. The molecule has 1 aromatic rings. The molecule has 1 heterocycles. The number of ether oxygens (including phenoxy) is 1. The Kier molecular flexibility index (Phi) is 8.16. The molecule has 26 heavy (non-hydrogen) atoms. The molecule has 1 atom stereocenters. The predicted octanol–water partition coefficient (Wildman–Crippen LogP) is 1.84. The van der Waals surface area contributed by atoms with Crippen LogP contribution in [0.5, 0.6) is 5.75 Å². The minimum Gasteiger partial charge on any atom is -0.494 e. The van der Waals surface area contributed by atoms with Gasteiger partial charge in [-0.05, 0) is 32.0 Å². The van der Waals surface area contributed by atoms with Crippen LogP contribution in [0.2, 0.25) is 5.02 Å². The number of rotatable bonds is 5. The maximum absolute atomic E-state index is 13.2. The Morgan fingerprint density at radius 1 is 1.38 bits per heavy atom. The van der Waals surface area contributed by atoms with Crippen molar-refractivity contribution in [1.29, 1.82) is 0 Å². The highest BCUT2D eigenvalue weighted by Crippen LogP contribution is 2.35. The molecular weight excluding hydrogens is 401 g/mol. The number of hydrogen-bond donors (Lipinski definition) is 1. The number of piperidine rings is 1. The van der Waals surface area contributed by atoms with Gasteiger partial charge in [0.2, 0.25) is 10.0 Å². The molecule has 7 nitrogen and oxygen atoms in total. The van der Waals surface area contributed by atoms with Crippen molar-refractivity contribution >= 4 is 39.9 Å². The second-order valence-electron chi connectivity index (χ2n) is 6.18. The summed E-state index contributed by atoms with van der Waals surface area (Å²) in [6.07, 6.45) is 1.68. The van der Waals surface area contributed by atoms with Gasteiger partial charge in [-0.1, -0.05) is 11.6 Å². The largest absolute Gasteiger partial charge is 0.494 e. The molecule has 0 bridgehead atoms. The fourth-order valence-electron chi connectivity index (χ4n) is 2.91. The van der Waals surface area contributed by atoms with Gasteiger partial charge in [0.25, 0.3) is 5.91 Å². The first-order chi connectivity index (χ1) is 11.7. The Bertz CT molecular complexity index is 756. The van der Waals surface area contributed by atoms with Gasteiger partial charge in [-0.25, -0.2) is 8.42 Å². The molecule has 0 saturated carbocycles. The van der Waals surface area contributed by atoms with Crippen molar-refractivity contribution in [2.45, 2.75) is 23.8 Å². The summed E-state index contributed by atoms with van der Waals surface area (Å²) in [6.45, 7) is 0.790. The van der Waals surface area contributed by atoms with Crippen molar-refractivity contribution in [2.75, 3.05) is 41.3 Å². The second kappa shape index (κ2) is 9.23. The summed E-state index contributed by atoms with van der Waals surface area (Å²) in [4.78, 5) is 13.7. The van der Waals surface area contributed by atoms with Crippen LogP contribution < -0.4 is 10.1 Å². The average molecular weight is 426 g/mol. The van der Waals surface area contributed by atoms with Gasteiger partial charge in [0.15, 0.2) is 5.75 Å². The first-order valence-corrected chi connectivity index (χ1v) is 9.80. The zero-order chi connectivity index (χ0) is 18.8. The highest BCUT2D eigenvalue weighted by molar-refractivity contribution is 7.89. The number of nitrogens with one attached hydrogen (secondary N) is 1. The summed E-state index contributed by atoms with van der Waals surface area (Å²) in [5, 5.41) is 3.29. The highest BCUT2D eigenvalue weighted by Gasteiger charge is 2.34. The van der Waals surface area contributed by atoms with E-state index in [4.69, 9.17) is 16.3 Å². The molecule has 0 spiro atoms. The lowest BCUT2D eigenvalue weighted by atomic mass is 10.1.